The molecule has 0 radical (unpaired) electrons. The monoisotopic (exact) mass is 274 g/mol. The Morgan fingerprint density at radius 2 is 2.15 bits per heavy atom. The van der Waals surface area contributed by atoms with Crippen LogP contribution in [-0.2, 0) is 0 Å². The van der Waals surface area contributed by atoms with Gasteiger partial charge in [-0.15, -0.1) is 0 Å². The summed E-state index contributed by atoms with van der Waals surface area (Å²) in [6, 6.07) is 0.597. The van der Waals surface area contributed by atoms with Crippen LogP contribution in [0.1, 0.15) is 26.7 Å². The summed E-state index contributed by atoms with van der Waals surface area (Å²) in [7, 11) is 0. The number of imidazole rings is 1. The van der Waals surface area contributed by atoms with Crippen molar-refractivity contribution in [3.8, 4) is 0 Å². The molecule has 1 aliphatic heterocycles. The first-order valence-electron chi connectivity index (χ1n) is 7.42. The average Bonchev–Trinajstić information content (AvgIpc) is 2.96. The highest BCUT2D eigenvalue weighted by Gasteiger charge is 2.25. The van der Waals surface area contributed by atoms with E-state index in [0.717, 1.165) is 42.5 Å². The first kappa shape index (κ1) is 13.3. The van der Waals surface area contributed by atoms with Crippen LogP contribution in [-0.4, -0.2) is 45.6 Å². The summed E-state index contributed by atoms with van der Waals surface area (Å²) in [6.45, 7) is 7.60. The summed E-state index contributed by atoms with van der Waals surface area (Å²) in [5, 5.41) is 3.53. The van der Waals surface area contributed by atoms with Gasteiger partial charge in [0.2, 0.25) is 0 Å². The Hall–Kier alpha value is -1.69. The molecule has 1 aliphatic rings. The molecule has 2 aromatic heterocycles. The predicted molar refractivity (Wildman–Crippen MR) is 79.8 cm³/mol. The van der Waals surface area contributed by atoms with E-state index in [9.17, 15) is 0 Å². The molecule has 6 nitrogen and oxygen atoms in total. The van der Waals surface area contributed by atoms with Gasteiger partial charge in [0.15, 0.2) is 11.5 Å². The molecule has 3 heterocycles. The lowest BCUT2D eigenvalue weighted by molar-refractivity contribution is 0.314. The Kier molecular flexibility index (Phi) is 3.82. The molecular weight excluding hydrogens is 252 g/mol. The van der Waals surface area contributed by atoms with Gasteiger partial charge in [0.05, 0.1) is 6.33 Å². The Labute approximate surface area is 119 Å². The second-order valence-electron chi connectivity index (χ2n) is 5.47. The van der Waals surface area contributed by atoms with Gasteiger partial charge >= 0.3 is 0 Å². The van der Waals surface area contributed by atoms with Crippen LogP contribution in [0.25, 0.3) is 11.2 Å². The molecule has 1 unspecified atom stereocenters. The maximum atomic E-state index is 4.44. The minimum Gasteiger partial charge on any atom is -0.355 e. The zero-order chi connectivity index (χ0) is 13.9. The molecule has 1 fully saturated rings. The Morgan fingerprint density at radius 3 is 2.90 bits per heavy atom. The number of aromatic nitrogens is 4. The van der Waals surface area contributed by atoms with Crippen molar-refractivity contribution >= 4 is 17.0 Å². The van der Waals surface area contributed by atoms with Crippen LogP contribution in [0, 0.1) is 5.92 Å². The molecule has 2 aromatic rings. The van der Waals surface area contributed by atoms with E-state index in [0.29, 0.717) is 6.04 Å². The molecule has 1 saturated heterocycles. The largest absolute Gasteiger partial charge is 0.355 e. The predicted octanol–water partition coefficient (Wildman–Crippen LogP) is 1.57. The van der Waals surface area contributed by atoms with E-state index in [1.807, 2.05) is 0 Å². The first-order valence-corrected chi connectivity index (χ1v) is 7.42. The summed E-state index contributed by atoms with van der Waals surface area (Å²) in [5.41, 5.74) is 1.70. The number of nitrogens with zero attached hydrogens (tertiary/aromatic N) is 4. The Bertz CT molecular complexity index is 558. The number of hydrogen-bond donors (Lipinski definition) is 2. The van der Waals surface area contributed by atoms with E-state index in [4.69, 9.17) is 0 Å². The number of piperidine rings is 1. The molecular formula is C14H22N6. The van der Waals surface area contributed by atoms with Gasteiger partial charge in [-0.05, 0) is 32.2 Å². The third-order valence-corrected chi connectivity index (χ3v) is 4.28. The summed E-state index contributed by atoms with van der Waals surface area (Å²) < 4.78 is 0. The van der Waals surface area contributed by atoms with Crippen LogP contribution in [0.5, 0.6) is 0 Å². The highest BCUT2D eigenvalue weighted by Crippen LogP contribution is 2.27. The molecule has 0 aliphatic carbocycles. The second kappa shape index (κ2) is 5.75. The summed E-state index contributed by atoms with van der Waals surface area (Å²) >= 11 is 0. The Balaban J connectivity index is 1.70. The molecule has 6 heteroatoms. The van der Waals surface area contributed by atoms with Crippen molar-refractivity contribution in [1.82, 2.24) is 25.3 Å². The highest BCUT2D eigenvalue weighted by molar-refractivity contribution is 5.82. The minimum atomic E-state index is 0.597. The quantitative estimate of drug-likeness (QED) is 0.885. The third-order valence-electron chi connectivity index (χ3n) is 4.28. The number of H-pyrrole nitrogens is 1. The molecule has 2 N–H and O–H groups in total. The van der Waals surface area contributed by atoms with E-state index in [2.05, 4.69) is 44.0 Å². The fourth-order valence-electron chi connectivity index (χ4n) is 3.09. The molecule has 0 aromatic carbocycles. The Morgan fingerprint density at radius 1 is 1.35 bits per heavy atom. The van der Waals surface area contributed by atoms with Crippen molar-refractivity contribution in [3.05, 3.63) is 12.7 Å². The van der Waals surface area contributed by atoms with Crippen LogP contribution < -0.4 is 10.2 Å². The normalized spacial score (nSPS) is 18.6. The smallest absolute Gasteiger partial charge is 0.182 e. The molecule has 108 valence electrons. The van der Waals surface area contributed by atoms with Crippen molar-refractivity contribution in [3.63, 3.8) is 0 Å². The van der Waals surface area contributed by atoms with Gasteiger partial charge in [-0.2, -0.15) is 0 Å². The molecule has 1 atom stereocenters. The van der Waals surface area contributed by atoms with Gasteiger partial charge in [-0.25, -0.2) is 15.0 Å². The standard InChI is InChI=1S/C14H22N6/c1-3-15-10(2)11-4-6-20(7-5-11)14-12-13(17-8-16-12)18-9-19-14/h8-11,15H,3-7H2,1-2H3,(H,16,17,18,19). The second-order valence-corrected chi connectivity index (χ2v) is 5.47. The SMILES string of the molecule is CCNC(C)C1CCN(c2ncnc3nc[nH]c23)CC1. The van der Waals surface area contributed by atoms with Crippen LogP contribution >= 0.6 is 0 Å². The number of hydrogen-bond acceptors (Lipinski definition) is 5. The van der Waals surface area contributed by atoms with Gasteiger partial charge in [0, 0.05) is 19.1 Å². The fourth-order valence-corrected chi connectivity index (χ4v) is 3.09. The van der Waals surface area contributed by atoms with Crippen molar-refractivity contribution in [2.24, 2.45) is 5.92 Å². The number of rotatable bonds is 4. The summed E-state index contributed by atoms with van der Waals surface area (Å²) in [5.74, 6) is 1.74. The maximum absolute atomic E-state index is 4.44. The van der Waals surface area contributed by atoms with Gasteiger partial charge in [-0.3, -0.25) is 0 Å². The number of anilines is 1. The van der Waals surface area contributed by atoms with E-state index in [-0.39, 0.29) is 0 Å². The van der Waals surface area contributed by atoms with E-state index in [1.165, 1.54) is 12.8 Å². The van der Waals surface area contributed by atoms with E-state index in [1.54, 1.807) is 12.7 Å². The van der Waals surface area contributed by atoms with Gasteiger partial charge in [0.25, 0.3) is 0 Å². The fraction of sp³-hybridized carbons (Fsp3) is 0.643. The van der Waals surface area contributed by atoms with E-state index < -0.39 is 0 Å². The third kappa shape index (κ3) is 2.47. The summed E-state index contributed by atoms with van der Waals surface area (Å²) in [4.78, 5) is 18.3. The highest BCUT2D eigenvalue weighted by atomic mass is 15.2. The topological polar surface area (TPSA) is 69.7 Å². The molecule has 0 saturated carbocycles. The first-order chi connectivity index (χ1) is 9.79. The summed E-state index contributed by atoms with van der Waals surface area (Å²) in [6.07, 6.45) is 5.69. The zero-order valence-corrected chi connectivity index (χ0v) is 12.1. The van der Waals surface area contributed by atoms with Crippen LogP contribution in [0.15, 0.2) is 12.7 Å². The van der Waals surface area contributed by atoms with Crippen LogP contribution in [0.4, 0.5) is 5.82 Å². The van der Waals surface area contributed by atoms with Crippen LogP contribution in [0.2, 0.25) is 0 Å². The molecule has 0 bridgehead atoms. The lowest BCUT2D eigenvalue weighted by Crippen LogP contribution is -2.42. The number of fused-ring (bicyclic) bond motifs is 1. The number of nitrogens with one attached hydrogen (secondary N) is 2. The van der Waals surface area contributed by atoms with Gasteiger partial charge in [0.1, 0.15) is 11.8 Å². The van der Waals surface area contributed by atoms with Crippen molar-refractivity contribution in [2.45, 2.75) is 32.7 Å². The maximum Gasteiger partial charge on any atom is 0.182 e. The molecule has 0 spiro atoms. The van der Waals surface area contributed by atoms with Gasteiger partial charge in [-0.1, -0.05) is 6.92 Å². The van der Waals surface area contributed by atoms with Crippen molar-refractivity contribution < 1.29 is 0 Å². The van der Waals surface area contributed by atoms with E-state index >= 15 is 0 Å². The van der Waals surface area contributed by atoms with Gasteiger partial charge < -0.3 is 15.2 Å². The molecule has 3 rings (SSSR count). The van der Waals surface area contributed by atoms with Crippen molar-refractivity contribution in [1.29, 1.82) is 0 Å². The number of aromatic amines is 1. The zero-order valence-electron chi connectivity index (χ0n) is 12.1. The van der Waals surface area contributed by atoms with Crippen molar-refractivity contribution in [2.75, 3.05) is 24.5 Å². The average molecular weight is 274 g/mol. The van der Waals surface area contributed by atoms with Crippen LogP contribution in [0.3, 0.4) is 0 Å². The lowest BCUT2D eigenvalue weighted by Gasteiger charge is -2.35. The minimum absolute atomic E-state index is 0.597. The molecule has 0 amide bonds. The molecule has 20 heavy (non-hydrogen) atoms. The lowest BCUT2D eigenvalue weighted by atomic mass is 9.90.